The second kappa shape index (κ2) is 12.1. The van der Waals surface area contributed by atoms with Gasteiger partial charge >= 0.3 is 5.97 Å². The zero-order chi connectivity index (χ0) is 26.4. The summed E-state index contributed by atoms with van der Waals surface area (Å²) in [5.74, 6) is -1.10. The van der Waals surface area contributed by atoms with Crippen molar-refractivity contribution in [2.45, 2.75) is 31.5 Å². The van der Waals surface area contributed by atoms with E-state index in [-0.39, 0.29) is 28.1 Å². The Labute approximate surface area is 225 Å². The number of halogens is 2. The van der Waals surface area contributed by atoms with Gasteiger partial charge in [-0.2, -0.15) is 5.26 Å². The number of aliphatic carboxylic acids is 1. The number of rotatable bonds is 9. The Morgan fingerprint density at radius 3 is 2.32 bits per heavy atom. The molecule has 1 aliphatic rings. The van der Waals surface area contributed by atoms with Crippen molar-refractivity contribution in [3.63, 3.8) is 0 Å². The molecule has 1 saturated heterocycles. The van der Waals surface area contributed by atoms with Gasteiger partial charge in [-0.3, -0.25) is 9.69 Å². The molecule has 0 saturated carbocycles. The van der Waals surface area contributed by atoms with Crippen LogP contribution in [-0.4, -0.2) is 47.1 Å². The van der Waals surface area contributed by atoms with Crippen LogP contribution in [0.1, 0.15) is 33.5 Å². The van der Waals surface area contributed by atoms with Crippen molar-refractivity contribution in [1.29, 1.82) is 5.26 Å². The summed E-state index contributed by atoms with van der Waals surface area (Å²) in [5.41, 5.74) is 2.59. The van der Waals surface area contributed by atoms with Crippen molar-refractivity contribution in [2.75, 3.05) is 13.1 Å². The van der Waals surface area contributed by atoms with E-state index >= 15 is 0 Å². The number of carboxylic acids is 1. The van der Waals surface area contributed by atoms with Crippen LogP contribution in [0.25, 0.3) is 0 Å². The van der Waals surface area contributed by atoms with Gasteiger partial charge in [0.25, 0.3) is 5.91 Å². The summed E-state index contributed by atoms with van der Waals surface area (Å²) < 4.78 is 6.14. The van der Waals surface area contributed by atoms with Crippen molar-refractivity contribution in [3.05, 3.63) is 99.0 Å². The number of nitrogens with one attached hydrogen (secondary N) is 1. The maximum Gasteiger partial charge on any atom is 0.326 e. The summed E-state index contributed by atoms with van der Waals surface area (Å²) in [4.78, 5) is 26.7. The number of ether oxygens (including phenoxy) is 1. The summed E-state index contributed by atoms with van der Waals surface area (Å²) in [6.07, 6.45) is 1.04. The summed E-state index contributed by atoms with van der Waals surface area (Å²) in [5, 5.41) is 21.4. The molecule has 37 heavy (non-hydrogen) atoms. The van der Waals surface area contributed by atoms with Crippen molar-refractivity contribution >= 4 is 35.1 Å². The van der Waals surface area contributed by atoms with Crippen LogP contribution in [0.5, 0.6) is 5.75 Å². The average Bonchev–Trinajstić information content (AvgIpc) is 3.31. The SMILES string of the molecule is N#Cc1ccc(CN2CC[C@@H](Oc3ccc(C[C@H](NC(=O)c4c(Cl)cccc4Cl)C(=O)O)cc3)C2)cc1. The fourth-order valence-electron chi connectivity index (χ4n) is 4.26. The molecule has 0 radical (unpaired) electrons. The van der Waals surface area contributed by atoms with E-state index in [0.29, 0.717) is 11.3 Å². The molecule has 3 aromatic carbocycles. The number of nitrogens with zero attached hydrogens (tertiary/aromatic N) is 2. The van der Waals surface area contributed by atoms with Crippen LogP contribution in [0.3, 0.4) is 0 Å². The smallest absolute Gasteiger partial charge is 0.326 e. The van der Waals surface area contributed by atoms with Crippen molar-refractivity contribution < 1.29 is 19.4 Å². The number of likely N-dealkylation sites (tertiary alicyclic amines) is 1. The number of hydrogen-bond donors (Lipinski definition) is 2. The molecule has 0 unspecified atom stereocenters. The molecule has 3 aromatic rings. The standard InChI is InChI=1S/C28H25Cl2N3O4/c29-23-2-1-3-24(30)26(23)27(34)32-25(28(35)36)14-18-8-10-21(11-9-18)37-22-12-13-33(17-22)16-20-6-4-19(15-31)5-7-20/h1-11,22,25H,12-14,16-17H2,(H,32,34)(H,35,36)/t22-,25+/m1/s1. The second-order valence-corrected chi connectivity index (χ2v) is 9.70. The van der Waals surface area contributed by atoms with Gasteiger partial charge in [0.05, 0.1) is 27.2 Å². The zero-order valence-corrected chi connectivity index (χ0v) is 21.4. The molecule has 2 N–H and O–H groups in total. The predicted octanol–water partition coefficient (Wildman–Crippen LogP) is 4.94. The van der Waals surface area contributed by atoms with E-state index in [9.17, 15) is 14.7 Å². The highest BCUT2D eigenvalue weighted by Crippen LogP contribution is 2.25. The maximum absolute atomic E-state index is 12.6. The Kier molecular flexibility index (Phi) is 8.67. The molecule has 1 fully saturated rings. The highest BCUT2D eigenvalue weighted by atomic mass is 35.5. The minimum atomic E-state index is -1.16. The van der Waals surface area contributed by atoms with Gasteiger partial charge in [0, 0.05) is 26.1 Å². The van der Waals surface area contributed by atoms with E-state index in [0.717, 1.165) is 37.2 Å². The normalized spacial score (nSPS) is 16.1. The fraction of sp³-hybridized carbons (Fsp3) is 0.250. The maximum atomic E-state index is 12.6. The van der Waals surface area contributed by atoms with E-state index in [4.69, 9.17) is 33.2 Å². The molecule has 0 aliphatic carbocycles. The number of benzene rings is 3. The molecule has 1 amide bonds. The zero-order valence-electron chi connectivity index (χ0n) is 19.9. The average molecular weight is 538 g/mol. The van der Waals surface area contributed by atoms with Gasteiger partial charge < -0.3 is 15.2 Å². The highest BCUT2D eigenvalue weighted by Gasteiger charge is 2.25. The molecule has 1 heterocycles. The van der Waals surface area contributed by atoms with Gasteiger partial charge in [0.1, 0.15) is 17.9 Å². The second-order valence-electron chi connectivity index (χ2n) is 8.88. The number of carbonyl (C=O) groups excluding carboxylic acids is 1. The van der Waals surface area contributed by atoms with Gasteiger partial charge in [0.2, 0.25) is 0 Å². The quantitative estimate of drug-likeness (QED) is 0.400. The number of carboxylic acid groups (broad SMARTS) is 1. The Hall–Kier alpha value is -3.57. The molecule has 4 rings (SSSR count). The minimum absolute atomic E-state index is 0.0469. The van der Waals surface area contributed by atoms with Crippen LogP contribution < -0.4 is 10.1 Å². The van der Waals surface area contributed by atoms with Gasteiger partial charge in [-0.15, -0.1) is 0 Å². The lowest BCUT2D eigenvalue weighted by Crippen LogP contribution is -2.42. The summed E-state index contributed by atoms with van der Waals surface area (Å²) in [7, 11) is 0. The van der Waals surface area contributed by atoms with E-state index in [1.165, 1.54) is 12.1 Å². The van der Waals surface area contributed by atoms with E-state index in [1.54, 1.807) is 18.2 Å². The van der Waals surface area contributed by atoms with Gasteiger partial charge in [-0.1, -0.05) is 53.5 Å². The van der Waals surface area contributed by atoms with E-state index < -0.39 is 17.9 Å². The Morgan fingerprint density at radius 2 is 1.70 bits per heavy atom. The molecular formula is C28H25Cl2N3O4. The molecule has 9 heteroatoms. The molecular weight excluding hydrogens is 513 g/mol. The first-order chi connectivity index (χ1) is 17.8. The van der Waals surface area contributed by atoms with E-state index in [2.05, 4.69) is 16.3 Å². The molecule has 0 aromatic heterocycles. The van der Waals surface area contributed by atoms with Crippen LogP contribution >= 0.6 is 23.2 Å². The van der Waals surface area contributed by atoms with Crippen molar-refractivity contribution in [3.8, 4) is 11.8 Å². The molecule has 2 atom stereocenters. The predicted molar refractivity (Wildman–Crippen MR) is 141 cm³/mol. The highest BCUT2D eigenvalue weighted by molar-refractivity contribution is 6.39. The van der Waals surface area contributed by atoms with Crippen LogP contribution in [0.15, 0.2) is 66.7 Å². The molecule has 190 valence electrons. The first-order valence-electron chi connectivity index (χ1n) is 11.8. The van der Waals surface area contributed by atoms with Crippen molar-refractivity contribution in [1.82, 2.24) is 10.2 Å². The summed E-state index contributed by atoms with van der Waals surface area (Å²) in [6.45, 7) is 2.50. The molecule has 1 aliphatic heterocycles. The number of hydrogen-bond acceptors (Lipinski definition) is 5. The van der Waals surface area contributed by atoms with Gasteiger partial charge in [0.15, 0.2) is 0 Å². The molecule has 7 nitrogen and oxygen atoms in total. The Morgan fingerprint density at radius 1 is 1.05 bits per heavy atom. The summed E-state index contributed by atoms with van der Waals surface area (Å²) in [6, 6.07) is 20.4. The molecule has 0 bridgehead atoms. The third kappa shape index (κ3) is 7.01. The van der Waals surface area contributed by atoms with E-state index in [1.807, 2.05) is 36.4 Å². The topological polar surface area (TPSA) is 103 Å². The lowest BCUT2D eigenvalue weighted by molar-refractivity contribution is -0.139. The minimum Gasteiger partial charge on any atom is -0.489 e. The van der Waals surface area contributed by atoms with Gasteiger partial charge in [-0.05, 0) is 53.9 Å². The lowest BCUT2D eigenvalue weighted by atomic mass is 10.0. The first kappa shape index (κ1) is 26.5. The number of amides is 1. The van der Waals surface area contributed by atoms with Crippen LogP contribution in [0.2, 0.25) is 10.0 Å². The van der Waals surface area contributed by atoms with Crippen molar-refractivity contribution in [2.24, 2.45) is 0 Å². The first-order valence-corrected chi connectivity index (χ1v) is 12.5. The van der Waals surface area contributed by atoms with Gasteiger partial charge in [-0.25, -0.2) is 4.79 Å². The monoisotopic (exact) mass is 537 g/mol. The number of carbonyl (C=O) groups is 2. The Balaban J connectivity index is 1.31. The number of nitriles is 1. The molecule has 0 spiro atoms. The lowest BCUT2D eigenvalue weighted by Gasteiger charge is -2.18. The van der Waals surface area contributed by atoms with Crippen LogP contribution in [0.4, 0.5) is 0 Å². The third-order valence-corrected chi connectivity index (χ3v) is 6.81. The van der Waals surface area contributed by atoms with Crippen LogP contribution in [-0.2, 0) is 17.8 Å². The Bertz CT molecular complexity index is 1290. The van der Waals surface area contributed by atoms with Crippen LogP contribution in [0, 0.1) is 11.3 Å². The fourth-order valence-corrected chi connectivity index (χ4v) is 4.83. The summed E-state index contributed by atoms with van der Waals surface area (Å²) >= 11 is 12.2. The largest absolute Gasteiger partial charge is 0.489 e. The third-order valence-electron chi connectivity index (χ3n) is 6.18.